The fraction of sp³-hybridized carbons (Fsp3) is 0.292. The van der Waals surface area contributed by atoms with Crippen LogP contribution in [0.1, 0.15) is 29.5 Å². The molecule has 2 aromatic carbocycles. The van der Waals surface area contributed by atoms with Crippen LogP contribution in [-0.4, -0.2) is 34.9 Å². The van der Waals surface area contributed by atoms with E-state index in [4.69, 9.17) is 0 Å². The van der Waals surface area contributed by atoms with Crippen molar-refractivity contribution in [1.82, 2.24) is 9.55 Å². The number of hydrogen-bond acceptors (Lipinski definition) is 4. The summed E-state index contributed by atoms with van der Waals surface area (Å²) in [5.41, 5.74) is 0.181. The number of aromatic amines is 1. The van der Waals surface area contributed by atoms with Crippen LogP contribution >= 0.6 is 0 Å². The summed E-state index contributed by atoms with van der Waals surface area (Å²) in [5.74, 6) is -1.10. The van der Waals surface area contributed by atoms with Crippen LogP contribution in [0.3, 0.4) is 0 Å². The maximum absolute atomic E-state index is 13.1. The van der Waals surface area contributed by atoms with Gasteiger partial charge in [-0.1, -0.05) is 42.5 Å². The third-order valence-corrected chi connectivity index (χ3v) is 5.81. The van der Waals surface area contributed by atoms with E-state index in [2.05, 4.69) is 22.1 Å². The maximum atomic E-state index is 13.1. The highest BCUT2D eigenvalue weighted by Crippen LogP contribution is 2.11. The lowest BCUT2D eigenvalue weighted by molar-refractivity contribution is -0.918. The number of quaternary nitrogens is 1. The first kappa shape index (κ1) is 21.7. The lowest BCUT2D eigenvalue weighted by Gasteiger charge is -2.27. The van der Waals surface area contributed by atoms with Gasteiger partial charge >= 0.3 is 5.69 Å². The third kappa shape index (κ3) is 5.20. The lowest BCUT2D eigenvalue weighted by atomic mass is 10.0. The number of nitrogens with one attached hydrogen (secondary N) is 2. The van der Waals surface area contributed by atoms with Gasteiger partial charge in [0.2, 0.25) is 0 Å². The van der Waals surface area contributed by atoms with Crippen molar-refractivity contribution in [3.8, 4) is 5.88 Å². The molecule has 1 aromatic heterocycles. The molecule has 7 nitrogen and oxygen atoms in total. The first-order valence-electron chi connectivity index (χ1n) is 10.7. The molecule has 1 fully saturated rings. The molecule has 1 aliphatic heterocycles. The predicted octanol–water partition coefficient (Wildman–Crippen LogP) is 0.464. The second-order valence-corrected chi connectivity index (χ2v) is 8.11. The number of piperidine rings is 1. The van der Waals surface area contributed by atoms with Gasteiger partial charge in [-0.3, -0.25) is 14.8 Å². The van der Waals surface area contributed by atoms with Crippen molar-refractivity contribution in [3.05, 3.63) is 97.9 Å². The van der Waals surface area contributed by atoms with Gasteiger partial charge < -0.3 is 14.6 Å². The van der Waals surface area contributed by atoms with Crippen LogP contribution in [0.5, 0.6) is 5.88 Å². The van der Waals surface area contributed by atoms with Crippen molar-refractivity contribution in [2.24, 2.45) is 4.99 Å². The molecule has 0 bridgehead atoms. The number of aliphatic imine (C=N–C) groups is 1. The summed E-state index contributed by atoms with van der Waals surface area (Å²) in [6.07, 6.45) is 3.02. The number of rotatable bonds is 6. The normalized spacial score (nSPS) is 18.8. The molecular weight excluding hydrogens is 411 g/mol. The zero-order chi connectivity index (χ0) is 22.5. The standard InChI is InChI=1S/C24H25FN4O3/c25-19-8-6-18(7-9-19)16-29-23(31)21(22(30)27-24(29)32)14-26-20-10-12-28(13-11-20)15-17-4-2-1-3-5-17/h1-9,14,20,31H,10-13,15-16H2,(H,27,30,32). The number of benzene rings is 2. The summed E-state index contributed by atoms with van der Waals surface area (Å²) in [7, 11) is 0. The molecular formula is C24H25FN4O3. The van der Waals surface area contributed by atoms with Crippen molar-refractivity contribution in [2.75, 3.05) is 13.1 Å². The minimum atomic E-state index is -0.792. The molecule has 4 rings (SSSR count). The maximum Gasteiger partial charge on any atom is 0.328 e. The highest BCUT2D eigenvalue weighted by Gasteiger charge is 2.21. The lowest BCUT2D eigenvalue weighted by Crippen LogP contribution is -3.12. The van der Waals surface area contributed by atoms with Crippen LogP contribution < -0.4 is 21.3 Å². The third-order valence-electron chi connectivity index (χ3n) is 5.81. The van der Waals surface area contributed by atoms with Gasteiger partial charge in [0.25, 0.3) is 5.56 Å². The number of aromatic nitrogens is 2. The number of nitrogens with zero attached hydrogens (tertiary/aromatic N) is 2. The molecule has 0 aliphatic carbocycles. The average Bonchev–Trinajstić information content (AvgIpc) is 2.79. The summed E-state index contributed by atoms with van der Waals surface area (Å²) in [6, 6.07) is 15.9. The van der Waals surface area contributed by atoms with Crippen molar-refractivity contribution >= 4 is 6.21 Å². The van der Waals surface area contributed by atoms with Crippen LogP contribution in [-0.2, 0) is 13.1 Å². The van der Waals surface area contributed by atoms with Gasteiger partial charge in [-0.2, -0.15) is 0 Å². The molecule has 8 heteroatoms. The average molecular weight is 436 g/mol. The molecule has 0 saturated carbocycles. The van der Waals surface area contributed by atoms with Crippen LogP contribution in [0.4, 0.5) is 4.39 Å². The molecule has 0 spiro atoms. The van der Waals surface area contributed by atoms with Gasteiger partial charge in [0, 0.05) is 24.6 Å². The zero-order valence-corrected chi connectivity index (χ0v) is 17.6. The second-order valence-electron chi connectivity index (χ2n) is 8.11. The van der Waals surface area contributed by atoms with Crippen LogP contribution in [0.15, 0.2) is 69.2 Å². The molecule has 0 unspecified atom stereocenters. The molecule has 0 amide bonds. The summed E-state index contributed by atoms with van der Waals surface area (Å²) < 4.78 is 14.0. The molecule has 3 aromatic rings. The van der Waals surface area contributed by atoms with E-state index in [1.807, 2.05) is 18.2 Å². The van der Waals surface area contributed by atoms with Crippen molar-refractivity contribution in [2.45, 2.75) is 32.0 Å². The molecule has 2 heterocycles. The van der Waals surface area contributed by atoms with Crippen molar-refractivity contribution in [1.29, 1.82) is 0 Å². The largest absolute Gasteiger partial charge is 0.859 e. The Morgan fingerprint density at radius 2 is 1.75 bits per heavy atom. The Labute approximate surface area is 184 Å². The van der Waals surface area contributed by atoms with E-state index in [1.165, 1.54) is 40.9 Å². The van der Waals surface area contributed by atoms with Crippen LogP contribution in [0, 0.1) is 5.82 Å². The Morgan fingerprint density at radius 3 is 2.44 bits per heavy atom. The summed E-state index contributed by atoms with van der Waals surface area (Å²) in [6.45, 7) is 2.83. The van der Waals surface area contributed by atoms with Gasteiger partial charge in [-0.05, 0) is 23.6 Å². The Bertz CT molecular complexity index is 1190. The first-order valence-corrected chi connectivity index (χ1v) is 10.7. The second kappa shape index (κ2) is 9.74. The van der Waals surface area contributed by atoms with Gasteiger partial charge in [-0.25, -0.2) is 9.18 Å². The van der Waals surface area contributed by atoms with Crippen LogP contribution in [0.2, 0.25) is 0 Å². The topological polar surface area (TPSA) is 94.7 Å². The fourth-order valence-corrected chi connectivity index (χ4v) is 4.00. The van der Waals surface area contributed by atoms with E-state index in [1.54, 1.807) is 0 Å². The van der Waals surface area contributed by atoms with Crippen molar-refractivity contribution < 1.29 is 14.4 Å². The summed E-state index contributed by atoms with van der Waals surface area (Å²) >= 11 is 0. The van der Waals surface area contributed by atoms with E-state index < -0.39 is 22.9 Å². The Kier molecular flexibility index (Phi) is 6.61. The minimum absolute atomic E-state index is 0.0331. The highest BCUT2D eigenvalue weighted by atomic mass is 19.1. The molecule has 166 valence electrons. The Hall–Kier alpha value is -3.52. The van der Waals surface area contributed by atoms with E-state index in [-0.39, 0.29) is 18.2 Å². The quantitative estimate of drug-likeness (QED) is 0.550. The number of halogens is 1. The smallest absolute Gasteiger partial charge is 0.328 e. The van der Waals surface area contributed by atoms with Gasteiger partial charge in [0.1, 0.15) is 12.4 Å². The summed E-state index contributed by atoms with van der Waals surface area (Å²) in [5, 5.41) is 12.8. The molecule has 2 N–H and O–H groups in total. The fourth-order valence-electron chi connectivity index (χ4n) is 4.00. The van der Waals surface area contributed by atoms with Crippen molar-refractivity contribution in [3.63, 3.8) is 0 Å². The number of hydrogen-bond donors (Lipinski definition) is 2. The summed E-state index contributed by atoms with van der Waals surface area (Å²) in [4.78, 5) is 32.5. The van der Waals surface area contributed by atoms with E-state index >= 15 is 0 Å². The minimum Gasteiger partial charge on any atom is -0.859 e. The Morgan fingerprint density at radius 1 is 1.06 bits per heavy atom. The molecule has 32 heavy (non-hydrogen) atoms. The number of likely N-dealkylation sites (tertiary alicyclic amines) is 1. The first-order chi connectivity index (χ1) is 15.5. The monoisotopic (exact) mass is 436 g/mol. The predicted molar refractivity (Wildman–Crippen MR) is 118 cm³/mol. The number of H-pyrrole nitrogens is 1. The van der Waals surface area contributed by atoms with Gasteiger partial charge in [0.05, 0.1) is 31.2 Å². The molecule has 0 atom stereocenters. The van der Waals surface area contributed by atoms with E-state index in [9.17, 15) is 19.1 Å². The molecule has 1 aliphatic rings. The van der Waals surface area contributed by atoms with E-state index in [0.29, 0.717) is 5.56 Å². The molecule has 0 radical (unpaired) electrons. The SMILES string of the molecule is O=c1[nH]c(=O)n(Cc2ccc(F)cc2)c([O-])c1C=NC1CC[NH+](Cc2ccccc2)CC1. The van der Waals surface area contributed by atoms with Gasteiger partial charge in [-0.15, -0.1) is 0 Å². The van der Waals surface area contributed by atoms with Gasteiger partial charge in [0.15, 0.2) is 0 Å². The molecule has 1 saturated heterocycles. The Balaban J connectivity index is 1.44. The highest BCUT2D eigenvalue weighted by molar-refractivity contribution is 5.81. The zero-order valence-electron chi connectivity index (χ0n) is 17.6. The van der Waals surface area contributed by atoms with Crippen LogP contribution in [0.25, 0.3) is 0 Å². The van der Waals surface area contributed by atoms with E-state index in [0.717, 1.165) is 37.0 Å².